The summed E-state index contributed by atoms with van der Waals surface area (Å²) in [5.41, 5.74) is 0.723. The average Bonchev–Trinajstić information content (AvgIpc) is 3.10. The Hall–Kier alpha value is -1.31. The van der Waals surface area contributed by atoms with Gasteiger partial charge in [-0.2, -0.15) is 0 Å². The number of thiophene rings is 1. The molecule has 1 fully saturated rings. The fourth-order valence-corrected chi connectivity index (χ4v) is 2.73. The van der Waals surface area contributed by atoms with E-state index in [2.05, 4.69) is 18.8 Å². The molecule has 0 radical (unpaired) electrons. The number of hydrogen-bond acceptors (Lipinski definition) is 3. The number of amides is 1. The molecule has 102 valence electrons. The highest BCUT2D eigenvalue weighted by Crippen LogP contribution is 2.30. The quantitative estimate of drug-likeness (QED) is 0.839. The van der Waals surface area contributed by atoms with E-state index < -0.39 is 0 Å². The van der Waals surface area contributed by atoms with Gasteiger partial charge in [0, 0.05) is 18.5 Å². The monoisotopic (exact) mass is 277 g/mol. The number of carbonyl (C=O) groups is 1. The Morgan fingerprint density at radius 2 is 2.37 bits per heavy atom. The lowest BCUT2D eigenvalue weighted by atomic mass is 10.2. The molecule has 1 heterocycles. The van der Waals surface area contributed by atoms with Crippen LogP contribution in [0.25, 0.3) is 0 Å². The van der Waals surface area contributed by atoms with Crippen molar-refractivity contribution in [2.24, 2.45) is 5.92 Å². The predicted octanol–water partition coefficient (Wildman–Crippen LogP) is 2.35. The van der Waals surface area contributed by atoms with Gasteiger partial charge in [-0.1, -0.05) is 18.8 Å². The van der Waals surface area contributed by atoms with Crippen LogP contribution >= 0.6 is 11.3 Å². The molecule has 19 heavy (non-hydrogen) atoms. The SMILES string of the molecule is CCCN(CC1CC1)C(=O)c1csc(C#CCO)c1. The van der Waals surface area contributed by atoms with Crippen molar-refractivity contribution in [2.75, 3.05) is 19.7 Å². The van der Waals surface area contributed by atoms with Gasteiger partial charge >= 0.3 is 0 Å². The molecule has 1 aliphatic carbocycles. The van der Waals surface area contributed by atoms with Gasteiger partial charge < -0.3 is 10.0 Å². The Kier molecular flexibility index (Phi) is 5.00. The van der Waals surface area contributed by atoms with Crippen molar-refractivity contribution in [1.82, 2.24) is 4.90 Å². The van der Waals surface area contributed by atoms with E-state index in [0.29, 0.717) is 5.92 Å². The maximum atomic E-state index is 12.4. The molecule has 1 N–H and O–H groups in total. The molecule has 0 spiro atoms. The number of nitrogens with zero attached hydrogens (tertiary/aromatic N) is 1. The van der Waals surface area contributed by atoms with Crippen LogP contribution in [0.15, 0.2) is 11.4 Å². The molecule has 1 aromatic rings. The van der Waals surface area contributed by atoms with E-state index in [1.807, 2.05) is 16.3 Å². The maximum Gasteiger partial charge on any atom is 0.254 e. The molecule has 0 saturated heterocycles. The fourth-order valence-electron chi connectivity index (χ4n) is 1.98. The third-order valence-electron chi connectivity index (χ3n) is 3.09. The minimum atomic E-state index is -0.148. The summed E-state index contributed by atoms with van der Waals surface area (Å²) >= 11 is 1.46. The summed E-state index contributed by atoms with van der Waals surface area (Å²) in [6, 6.07) is 1.82. The lowest BCUT2D eigenvalue weighted by molar-refractivity contribution is 0.0748. The van der Waals surface area contributed by atoms with Crippen molar-refractivity contribution in [3.05, 3.63) is 21.9 Å². The highest BCUT2D eigenvalue weighted by atomic mass is 32.1. The van der Waals surface area contributed by atoms with E-state index in [0.717, 1.165) is 30.0 Å². The fraction of sp³-hybridized carbons (Fsp3) is 0.533. The van der Waals surface area contributed by atoms with Crippen LogP contribution in [0.4, 0.5) is 0 Å². The second kappa shape index (κ2) is 6.74. The zero-order valence-electron chi connectivity index (χ0n) is 11.2. The molecule has 3 nitrogen and oxygen atoms in total. The first-order chi connectivity index (χ1) is 9.24. The standard InChI is InChI=1S/C15H19NO2S/c1-2-7-16(10-12-5-6-12)15(18)13-9-14(19-11-13)4-3-8-17/h9,11-12,17H,2,5-8,10H2,1H3. The van der Waals surface area contributed by atoms with Gasteiger partial charge in [0.15, 0.2) is 0 Å². The molecule has 0 bridgehead atoms. The molecular weight excluding hydrogens is 258 g/mol. The molecule has 0 unspecified atom stereocenters. The topological polar surface area (TPSA) is 40.5 Å². The van der Waals surface area contributed by atoms with Crippen molar-refractivity contribution >= 4 is 17.2 Å². The Labute approximate surface area is 118 Å². The van der Waals surface area contributed by atoms with Gasteiger partial charge in [-0.05, 0) is 31.2 Å². The minimum Gasteiger partial charge on any atom is -0.384 e. The van der Waals surface area contributed by atoms with Crippen molar-refractivity contribution in [1.29, 1.82) is 0 Å². The third kappa shape index (κ3) is 4.09. The highest BCUT2D eigenvalue weighted by Gasteiger charge is 2.27. The number of carbonyl (C=O) groups excluding carboxylic acids is 1. The van der Waals surface area contributed by atoms with Crippen LogP contribution in [0.5, 0.6) is 0 Å². The molecule has 0 aliphatic heterocycles. The first-order valence-electron chi connectivity index (χ1n) is 6.72. The van der Waals surface area contributed by atoms with Crippen LogP contribution in [-0.4, -0.2) is 35.6 Å². The van der Waals surface area contributed by atoms with Crippen molar-refractivity contribution in [3.8, 4) is 11.8 Å². The highest BCUT2D eigenvalue weighted by molar-refractivity contribution is 7.10. The first kappa shape index (κ1) is 14.1. The van der Waals surface area contributed by atoms with Gasteiger partial charge in [0.1, 0.15) is 6.61 Å². The van der Waals surface area contributed by atoms with Gasteiger partial charge in [0.2, 0.25) is 0 Å². The van der Waals surface area contributed by atoms with Crippen LogP contribution in [0.1, 0.15) is 41.4 Å². The van der Waals surface area contributed by atoms with Gasteiger partial charge in [0.05, 0.1) is 10.4 Å². The van der Waals surface area contributed by atoms with Gasteiger partial charge in [-0.15, -0.1) is 11.3 Å². The summed E-state index contributed by atoms with van der Waals surface area (Å²) < 4.78 is 0. The van der Waals surface area contributed by atoms with Crippen LogP contribution < -0.4 is 0 Å². The van der Waals surface area contributed by atoms with Gasteiger partial charge in [-0.3, -0.25) is 4.79 Å². The smallest absolute Gasteiger partial charge is 0.254 e. The van der Waals surface area contributed by atoms with E-state index in [-0.39, 0.29) is 12.5 Å². The summed E-state index contributed by atoms with van der Waals surface area (Å²) in [6.07, 6.45) is 3.49. The van der Waals surface area contributed by atoms with E-state index >= 15 is 0 Å². The first-order valence-corrected chi connectivity index (χ1v) is 7.60. The van der Waals surface area contributed by atoms with Crippen LogP contribution in [0.3, 0.4) is 0 Å². The largest absolute Gasteiger partial charge is 0.384 e. The van der Waals surface area contributed by atoms with Crippen molar-refractivity contribution < 1.29 is 9.90 Å². The zero-order chi connectivity index (χ0) is 13.7. The number of hydrogen-bond donors (Lipinski definition) is 1. The molecule has 2 rings (SSSR count). The zero-order valence-corrected chi connectivity index (χ0v) is 12.0. The Balaban J connectivity index is 2.04. The Bertz CT molecular complexity index is 494. The Morgan fingerprint density at radius 3 is 3.00 bits per heavy atom. The van der Waals surface area contributed by atoms with E-state index in [4.69, 9.17) is 5.11 Å². The van der Waals surface area contributed by atoms with E-state index in [1.165, 1.54) is 24.2 Å². The molecule has 1 saturated carbocycles. The van der Waals surface area contributed by atoms with Crippen molar-refractivity contribution in [3.63, 3.8) is 0 Å². The maximum absolute atomic E-state index is 12.4. The number of aliphatic hydroxyl groups excluding tert-OH is 1. The van der Waals surface area contributed by atoms with Crippen LogP contribution in [0, 0.1) is 17.8 Å². The third-order valence-corrected chi connectivity index (χ3v) is 3.94. The summed E-state index contributed by atoms with van der Waals surface area (Å²) in [6.45, 7) is 3.66. The molecule has 1 aliphatic rings. The normalized spacial score (nSPS) is 13.8. The number of rotatable bonds is 5. The molecular formula is C15H19NO2S. The summed E-state index contributed by atoms with van der Waals surface area (Å²) in [5.74, 6) is 6.27. The molecule has 1 aromatic heterocycles. The van der Waals surface area contributed by atoms with Crippen molar-refractivity contribution in [2.45, 2.75) is 26.2 Å². The second-order valence-corrected chi connectivity index (χ2v) is 5.77. The summed E-state index contributed by atoms with van der Waals surface area (Å²) in [7, 11) is 0. The van der Waals surface area contributed by atoms with E-state index in [1.54, 1.807) is 0 Å². The lowest BCUT2D eigenvalue weighted by Crippen LogP contribution is -2.33. The molecule has 4 heteroatoms. The summed E-state index contributed by atoms with van der Waals surface area (Å²) in [4.78, 5) is 15.2. The second-order valence-electron chi connectivity index (χ2n) is 4.85. The summed E-state index contributed by atoms with van der Waals surface area (Å²) in [5, 5.41) is 10.5. The van der Waals surface area contributed by atoms with Crippen LogP contribution in [0.2, 0.25) is 0 Å². The average molecular weight is 277 g/mol. The lowest BCUT2D eigenvalue weighted by Gasteiger charge is -2.21. The molecule has 1 amide bonds. The Morgan fingerprint density at radius 1 is 1.58 bits per heavy atom. The van der Waals surface area contributed by atoms with Crippen LogP contribution in [-0.2, 0) is 0 Å². The molecule has 0 aromatic carbocycles. The number of aliphatic hydroxyl groups is 1. The predicted molar refractivity (Wildman–Crippen MR) is 77.2 cm³/mol. The minimum absolute atomic E-state index is 0.113. The van der Waals surface area contributed by atoms with Gasteiger partial charge in [-0.25, -0.2) is 0 Å². The van der Waals surface area contributed by atoms with Gasteiger partial charge in [0.25, 0.3) is 5.91 Å². The molecule has 0 atom stereocenters. The van der Waals surface area contributed by atoms with E-state index in [9.17, 15) is 4.79 Å².